The van der Waals surface area contributed by atoms with Gasteiger partial charge in [-0.2, -0.15) is 5.26 Å². The van der Waals surface area contributed by atoms with E-state index in [1.807, 2.05) is 6.07 Å². The van der Waals surface area contributed by atoms with E-state index in [-0.39, 0.29) is 0 Å². The smallest absolute Gasteiger partial charge is 0.164 e. The highest BCUT2D eigenvalue weighted by Gasteiger charge is 2.19. The van der Waals surface area contributed by atoms with Gasteiger partial charge in [-0.3, -0.25) is 0 Å². The van der Waals surface area contributed by atoms with Crippen molar-refractivity contribution in [2.75, 3.05) is 13.2 Å². The van der Waals surface area contributed by atoms with Crippen LogP contribution in [0.3, 0.4) is 0 Å². The van der Waals surface area contributed by atoms with Gasteiger partial charge in [0.2, 0.25) is 0 Å². The second-order valence-corrected chi connectivity index (χ2v) is 3.86. The summed E-state index contributed by atoms with van der Waals surface area (Å²) in [4.78, 5) is 0. The minimum Gasteiger partial charge on any atom is -0.486 e. The summed E-state index contributed by atoms with van der Waals surface area (Å²) in [7, 11) is 0. The van der Waals surface area contributed by atoms with Crippen molar-refractivity contribution in [1.29, 1.82) is 5.26 Å². The van der Waals surface area contributed by atoms with Gasteiger partial charge in [0.05, 0.1) is 11.6 Å². The molecule has 1 aromatic rings. The van der Waals surface area contributed by atoms with Gasteiger partial charge in [-0.25, -0.2) is 0 Å². The van der Waals surface area contributed by atoms with E-state index in [4.69, 9.17) is 14.7 Å². The van der Waals surface area contributed by atoms with Crippen molar-refractivity contribution in [3.63, 3.8) is 0 Å². The fourth-order valence-electron chi connectivity index (χ4n) is 1.67. The molecule has 0 unspecified atom stereocenters. The van der Waals surface area contributed by atoms with E-state index in [0.29, 0.717) is 30.4 Å². The van der Waals surface area contributed by atoms with Gasteiger partial charge >= 0.3 is 0 Å². The van der Waals surface area contributed by atoms with Crippen LogP contribution in [-0.2, 0) is 0 Å². The van der Waals surface area contributed by atoms with Crippen LogP contribution < -0.4 is 9.47 Å². The lowest BCUT2D eigenvalue weighted by Crippen LogP contribution is -2.17. The standard InChI is InChI=1S/C12H13NO2/c1-8(2)10-5-9(7-13)6-11-12(10)15-4-3-14-11/h5-6,8H,3-4H2,1-2H3. The molecule has 1 heterocycles. The molecule has 0 bridgehead atoms. The maximum absolute atomic E-state index is 8.90. The van der Waals surface area contributed by atoms with Crippen LogP contribution >= 0.6 is 0 Å². The minimum atomic E-state index is 0.328. The zero-order valence-electron chi connectivity index (χ0n) is 8.91. The Morgan fingerprint density at radius 1 is 1.27 bits per heavy atom. The van der Waals surface area contributed by atoms with Crippen LogP contribution in [0.15, 0.2) is 12.1 Å². The lowest BCUT2D eigenvalue weighted by Gasteiger charge is -2.22. The Kier molecular flexibility index (Phi) is 2.51. The van der Waals surface area contributed by atoms with Crippen molar-refractivity contribution in [3.05, 3.63) is 23.3 Å². The summed E-state index contributed by atoms with van der Waals surface area (Å²) < 4.78 is 11.1. The third-order valence-corrected chi connectivity index (χ3v) is 2.42. The third-order valence-electron chi connectivity index (χ3n) is 2.42. The van der Waals surface area contributed by atoms with Gasteiger partial charge < -0.3 is 9.47 Å². The first-order valence-electron chi connectivity index (χ1n) is 5.06. The van der Waals surface area contributed by atoms with E-state index in [0.717, 1.165) is 11.3 Å². The average Bonchev–Trinajstić information content (AvgIpc) is 2.27. The van der Waals surface area contributed by atoms with Crippen molar-refractivity contribution in [1.82, 2.24) is 0 Å². The highest BCUT2D eigenvalue weighted by atomic mass is 16.6. The van der Waals surface area contributed by atoms with E-state index < -0.39 is 0 Å². The first kappa shape index (κ1) is 9.85. The van der Waals surface area contributed by atoms with Gasteiger partial charge in [-0.05, 0) is 12.0 Å². The predicted octanol–water partition coefficient (Wildman–Crippen LogP) is 2.45. The van der Waals surface area contributed by atoms with Gasteiger partial charge in [0.15, 0.2) is 11.5 Å². The number of rotatable bonds is 1. The Morgan fingerprint density at radius 3 is 2.67 bits per heavy atom. The van der Waals surface area contributed by atoms with Crippen LogP contribution in [0.2, 0.25) is 0 Å². The molecule has 0 fully saturated rings. The van der Waals surface area contributed by atoms with Crippen molar-refractivity contribution >= 4 is 0 Å². The third kappa shape index (κ3) is 1.75. The monoisotopic (exact) mass is 203 g/mol. The molecule has 0 radical (unpaired) electrons. The van der Waals surface area contributed by atoms with Crippen LogP contribution in [-0.4, -0.2) is 13.2 Å². The zero-order chi connectivity index (χ0) is 10.8. The second-order valence-electron chi connectivity index (χ2n) is 3.86. The molecule has 15 heavy (non-hydrogen) atoms. The highest BCUT2D eigenvalue weighted by molar-refractivity contribution is 5.54. The normalized spacial score (nSPS) is 13.7. The number of hydrogen-bond acceptors (Lipinski definition) is 3. The van der Waals surface area contributed by atoms with Crippen LogP contribution in [0.25, 0.3) is 0 Å². The van der Waals surface area contributed by atoms with Gasteiger partial charge in [-0.1, -0.05) is 13.8 Å². The van der Waals surface area contributed by atoms with Crippen molar-refractivity contribution in [3.8, 4) is 17.6 Å². The number of nitriles is 1. The molecule has 0 aliphatic carbocycles. The molecule has 3 heteroatoms. The Balaban J connectivity index is 2.57. The van der Waals surface area contributed by atoms with Gasteiger partial charge in [0, 0.05) is 11.6 Å². The number of ether oxygens (including phenoxy) is 2. The van der Waals surface area contributed by atoms with Crippen molar-refractivity contribution < 1.29 is 9.47 Å². The van der Waals surface area contributed by atoms with Gasteiger partial charge in [0.25, 0.3) is 0 Å². The molecule has 2 rings (SSSR count). The Hall–Kier alpha value is -1.69. The average molecular weight is 203 g/mol. The molecule has 0 saturated heterocycles. The summed E-state index contributed by atoms with van der Waals surface area (Å²) in [5, 5.41) is 8.90. The molecule has 0 aromatic heterocycles. The lowest BCUT2D eigenvalue weighted by molar-refractivity contribution is 0.169. The summed E-state index contributed by atoms with van der Waals surface area (Å²) >= 11 is 0. The largest absolute Gasteiger partial charge is 0.486 e. The van der Waals surface area contributed by atoms with Gasteiger partial charge in [0.1, 0.15) is 13.2 Å². The first-order valence-corrected chi connectivity index (χ1v) is 5.06. The molecular formula is C12H13NO2. The highest BCUT2D eigenvalue weighted by Crippen LogP contribution is 2.38. The molecular weight excluding hydrogens is 190 g/mol. The first-order chi connectivity index (χ1) is 7.22. The predicted molar refractivity (Wildman–Crippen MR) is 56.2 cm³/mol. The van der Waals surface area contributed by atoms with E-state index >= 15 is 0 Å². The molecule has 0 amide bonds. The summed E-state index contributed by atoms with van der Waals surface area (Å²) in [5.74, 6) is 1.83. The van der Waals surface area contributed by atoms with Crippen LogP contribution in [0.1, 0.15) is 30.9 Å². The van der Waals surface area contributed by atoms with Crippen LogP contribution in [0.5, 0.6) is 11.5 Å². The summed E-state index contributed by atoms with van der Waals surface area (Å²) in [5.41, 5.74) is 1.67. The number of fused-ring (bicyclic) bond motifs is 1. The minimum absolute atomic E-state index is 0.328. The van der Waals surface area contributed by atoms with Gasteiger partial charge in [-0.15, -0.1) is 0 Å². The topological polar surface area (TPSA) is 42.2 Å². The van der Waals surface area contributed by atoms with E-state index in [9.17, 15) is 0 Å². The molecule has 0 spiro atoms. The van der Waals surface area contributed by atoms with Crippen LogP contribution in [0, 0.1) is 11.3 Å². The molecule has 1 aliphatic rings. The molecule has 1 aliphatic heterocycles. The maximum atomic E-state index is 8.90. The van der Waals surface area contributed by atoms with Crippen LogP contribution in [0.4, 0.5) is 0 Å². The van der Waals surface area contributed by atoms with Crippen molar-refractivity contribution in [2.45, 2.75) is 19.8 Å². The molecule has 3 nitrogen and oxygen atoms in total. The maximum Gasteiger partial charge on any atom is 0.164 e. The number of nitrogens with zero attached hydrogens (tertiary/aromatic N) is 1. The molecule has 1 aromatic carbocycles. The molecule has 0 N–H and O–H groups in total. The quantitative estimate of drug-likeness (QED) is 0.704. The second kappa shape index (κ2) is 3.82. The number of hydrogen-bond donors (Lipinski definition) is 0. The van der Waals surface area contributed by atoms with Crippen molar-refractivity contribution in [2.24, 2.45) is 0 Å². The van der Waals surface area contributed by atoms with E-state index in [1.165, 1.54) is 0 Å². The SMILES string of the molecule is CC(C)c1cc(C#N)cc2c1OCCO2. The summed E-state index contributed by atoms with van der Waals surface area (Å²) in [6.07, 6.45) is 0. The van der Waals surface area contributed by atoms with E-state index in [1.54, 1.807) is 6.07 Å². The summed E-state index contributed by atoms with van der Waals surface area (Å²) in [6, 6.07) is 5.75. The lowest BCUT2D eigenvalue weighted by atomic mass is 9.99. The number of benzene rings is 1. The summed E-state index contributed by atoms with van der Waals surface area (Å²) in [6.45, 7) is 5.29. The Labute approximate surface area is 89.2 Å². The fourth-order valence-corrected chi connectivity index (χ4v) is 1.67. The van der Waals surface area contributed by atoms with E-state index in [2.05, 4.69) is 19.9 Å². The molecule has 78 valence electrons. The fraction of sp³-hybridized carbons (Fsp3) is 0.417. The Morgan fingerprint density at radius 2 is 2.00 bits per heavy atom. The Bertz CT molecular complexity index is 418. The molecule has 0 atom stereocenters. The zero-order valence-corrected chi connectivity index (χ0v) is 8.91. The molecule has 0 saturated carbocycles.